The van der Waals surface area contributed by atoms with Crippen LogP contribution in [0.5, 0.6) is 0 Å². The van der Waals surface area contributed by atoms with Crippen LogP contribution in [0, 0.1) is 0 Å². The number of nitrogens with zero attached hydrogens (tertiary/aromatic N) is 1. The van der Waals surface area contributed by atoms with Gasteiger partial charge in [-0.2, -0.15) is 0 Å². The van der Waals surface area contributed by atoms with Gasteiger partial charge in [0, 0.05) is 14.2 Å². The standard InChI is InChI=1S/C9H15NO2S/c1-11-7-4-3-5-8(12-2)9(7)10-6-13/h7-9H,3-5H2,1-2H3/t7-,8?,9?/m0/s1. The van der Waals surface area contributed by atoms with E-state index >= 15 is 0 Å². The predicted molar refractivity (Wildman–Crippen MR) is 54.3 cm³/mol. The second-order valence-electron chi connectivity index (χ2n) is 3.19. The minimum Gasteiger partial charge on any atom is -0.379 e. The summed E-state index contributed by atoms with van der Waals surface area (Å²) in [5.41, 5.74) is 0. The third kappa shape index (κ3) is 2.58. The van der Waals surface area contributed by atoms with Gasteiger partial charge in [-0.1, -0.05) is 0 Å². The summed E-state index contributed by atoms with van der Waals surface area (Å²) in [6, 6.07) is 0.0289. The summed E-state index contributed by atoms with van der Waals surface area (Å²) >= 11 is 4.61. The molecule has 1 aliphatic carbocycles. The molecule has 0 aromatic rings. The molecule has 0 aromatic carbocycles. The lowest BCUT2D eigenvalue weighted by Crippen LogP contribution is -2.41. The highest BCUT2D eigenvalue weighted by Gasteiger charge is 2.33. The Kier molecular flexibility index (Phi) is 4.53. The van der Waals surface area contributed by atoms with Gasteiger partial charge in [0.1, 0.15) is 6.04 Å². The zero-order chi connectivity index (χ0) is 9.68. The Bertz CT molecular complexity index is 192. The number of hydrogen-bond donors (Lipinski definition) is 0. The number of ether oxygens (including phenoxy) is 2. The highest BCUT2D eigenvalue weighted by molar-refractivity contribution is 7.78. The number of aliphatic imine (C=N–C) groups is 1. The molecule has 74 valence electrons. The van der Waals surface area contributed by atoms with Crippen LogP contribution in [0.3, 0.4) is 0 Å². The highest BCUT2D eigenvalue weighted by atomic mass is 32.1. The second-order valence-corrected chi connectivity index (χ2v) is 3.37. The van der Waals surface area contributed by atoms with Crippen LogP contribution in [-0.2, 0) is 9.47 Å². The van der Waals surface area contributed by atoms with Gasteiger partial charge >= 0.3 is 0 Å². The topological polar surface area (TPSA) is 30.8 Å². The summed E-state index contributed by atoms with van der Waals surface area (Å²) in [6.45, 7) is 0. The molecule has 2 unspecified atom stereocenters. The lowest BCUT2D eigenvalue weighted by Gasteiger charge is -2.32. The highest BCUT2D eigenvalue weighted by Crippen LogP contribution is 2.25. The lowest BCUT2D eigenvalue weighted by molar-refractivity contribution is -0.0268. The van der Waals surface area contributed by atoms with Crippen LogP contribution < -0.4 is 0 Å². The maximum absolute atomic E-state index is 5.33. The maximum atomic E-state index is 5.33. The summed E-state index contributed by atoms with van der Waals surface area (Å²) in [7, 11) is 3.41. The first-order valence-electron chi connectivity index (χ1n) is 4.46. The summed E-state index contributed by atoms with van der Waals surface area (Å²) in [5, 5.41) is 2.41. The molecule has 13 heavy (non-hydrogen) atoms. The van der Waals surface area contributed by atoms with E-state index in [1.165, 1.54) is 0 Å². The van der Waals surface area contributed by atoms with Gasteiger partial charge in [-0.3, -0.25) is 0 Å². The average molecular weight is 201 g/mol. The molecule has 1 aliphatic rings. The minimum atomic E-state index is 0.0289. The predicted octanol–water partition coefficient (Wildman–Crippen LogP) is 1.67. The molecule has 0 saturated heterocycles. The Hall–Kier alpha value is -0.280. The van der Waals surface area contributed by atoms with Crippen molar-refractivity contribution >= 4 is 17.4 Å². The largest absolute Gasteiger partial charge is 0.379 e. The van der Waals surface area contributed by atoms with Gasteiger partial charge in [0.2, 0.25) is 0 Å². The molecule has 0 aromatic heterocycles. The van der Waals surface area contributed by atoms with Crippen LogP contribution >= 0.6 is 12.2 Å². The Morgan fingerprint density at radius 1 is 1.23 bits per heavy atom. The zero-order valence-corrected chi connectivity index (χ0v) is 8.84. The normalized spacial score (nSPS) is 33.8. The number of hydrogen-bond acceptors (Lipinski definition) is 4. The first-order valence-corrected chi connectivity index (χ1v) is 4.87. The molecule has 1 saturated carbocycles. The fourth-order valence-corrected chi connectivity index (χ4v) is 1.96. The van der Waals surface area contributed by atoms with Crippen LogP contribution in [0.1, 0.15) is 19.3 Å². The van der Waals surface area contributed by atoms with Crippen molar-refractivity contribution < 1.29 is 9.47 Å². The molecule has 3 nitrogen and oxygen atoms in total. The van der Waals surface area contributed by atoms with E-state index in [2.05, 4.69) is 22.4 Å². The molecule has 3 atom stereocenters. The van der Waals surface area contributed by atoms with Crippen LogP contribution in [0.25, 0.3) is 0 Å². The smallest absolute Gasteiger partial charge is 0.112 e. The van der Waals surface area contributed by atoms with Gasteiger partial charge < -0.3 is 9.47 Å². The first-order chi connectivity index (χ1) is 6.33. The monoisotopic (exact) mass is 201 g/mol. The summed E-state index contributed by atoms with van der Waals surface area (Å²) < 4.78 is 10.7. The maximum Gasteiger partial charge on any atom is 0.112 e. The Labute approximate surface area is 84.1 Å². The van der Waals surface area contributed by atoms with E-state index in [-0.39, 0.29) is 18.2 Å². The Balaban J connectivity index is 2.69. The van der Waals surface area contributed by atoms with Crippen molar-refractivity contribution in [3.8, 4) is 0 Å². The van der Waals surface area contributed by atoms with Crippen LogP contribution in [0.2, 0.25) is 0 Å². The van der Waals surface area contributed by atoms with Gasteiger partial charge in [-0.05, 0) is 31.5 Å². The molecule has 1 fully saturated rings. The molecule has 0 aliphatic heterocycles. The molecule has 0 N–H and O–H groups in total. The average Bonchev–Trinajstić information content (AvgIpc) is 2.18. The Morgan fingerprint density at radius 2 is 1.77 bits per heavy atom. The molecule has 4 heteroatoms. The molecule has 1 rings (SSSR count). The van der Waals surface area contributed by atoms with Crippen LogP contribution in [0.4, 0.5) is 0 Å². The summed E-state index contributed by atoms with van der Waals surface area (Å²) in [6.07, 6.45) is 3.45. The van der Waals surface area contributed by atoms with E-state index in [9.17, 15) is 0 Å². The number of thiocarbonyl (C=S) groups is 1. The fourth-order valence-electron chi connectivity index (χ4n) is 1.84. The molecule has 0 amide bonds. The number of isothiocyanates is 1. The van der Waals surface area contributed by atoms with E-state index in [4.69, 9.17) is 9.47 Å². The van der Waals surface area contributed by atoms with E-state index in [0.717, 1.165) is 19.3 Å². The second kappa shape index (κ2) is 5.45. The van der Waals surface area contributed by atoms with Gasteiger partial charge in [0.25, 0.3) is 0 Å². The number of rotatable bonds is 3. The van der Waals surface area contributed by atoms with Crippen molar-refractivity contribution in [3.05, 3.63) is 0 Å². The van der Waals surface area contributed by atoms with E-state index in [1.807, 2.05) is 0 Å². The van der Waals surface area contributed by atoms with Crippen molar-refractivity contribution in [3.63, 3.8) is 0 Å². The molecule has 0 bridgehead atoms. The first kappa shape index (κ1) is 10.8. The quantitative estimate of drug-likeness (QED) is 0.514. The van der Waals surface area contributed by atoms with Gasteiger partial charge in [-0.25, -0.2) is 4.99 Å². The summed E-state index contributed by atoms with van der Waals surface area (Å²) in [5.74, 6) is 0. The van der Waals surface area contributed by atoms with E-state index in [1.54, 1.807) is 14.2 Å². The molecule has 0 radical (unpaired) electrons. The van der Waals surface area contributed by atoms with Crippen LogP contribution in [0.15, 0.2) is 4.99 Å². The third-order valence-corrected chi connectivity index (χ3v) is 2.65. The lowest BCUT2D eigenvalue weighted by atomic mass is 9.90. The zero-order valence-electron chi connectivity index (χ0n) is 8.03. The van der Waals surface area contributed by atoms with Gasteiger partial charge in [-0.15, -0.1) is 0 Å². The minimum absolute atomic E-state index is 0.0289. The van der Waals surface area contributed by atoms with E-state index < -0.39 is 0 Å². The van der Waals surface area contributed by atoms with Gasteiger partial charge in [0.05, 0.1) is 17.4 Å². The molecular weight excluding hydrogens is 186 g/mol. The van der Waals surface area contributed by atoms with E-state index in [0.29, 0.717) is 0 Å². The van der Waals surface area contributed by atoms with Crippen molar-refractivity contribution in [1.82, 2.24) is 0 Å². The van der Waals surface area contributed by atoms with Crippen molar-refractivity contribution in [1.29, 1.82) is 0 Å². The SMILES string of the molecule is COC1CCC[C@H](OC)C1N=C=S. The van der Waals surface area contributed by atoms with Crippen molar-refractivity contribution in [2.75, 3.05) is 14.2 Å². The number of methoxy groups -OCH3 is 2. The Morgan fingerprint density at radius 3 is 2.15 bits per heavy atom. The molecule has 0 spiro atoms. The third-order valence-electron chi connectivity index (χ3n) is 2.55. The molecular formula is C9H15NO2S. The molecule has 0 heterocycles. The van der Waals surface area contributed by atoms with Crippen LogP contribution in [-0.4, -0.2) is 37.6 Å². The van der Waals surface area contributed by atoms with Crippen molar-refractivity contribution in [2.45, 2.75) is 37.5 Å². The van der Waals surface area contributed by atoms with Crippen molar-refractivity contribution in [2.24, 2.45) is 4.99 Å². The summed E-state index contributed by atoms with van der Waals surface area (Å²) in [4.78, 5) is 4.10. The fraction of sp³-hybridized carbons (Fsp3) is 0.889. The van der Waals surface area contributed by atoms with Gasteiger partial charge in [0.15, 0.2) is 0 Å².